The number of rotatable bonds is 3. The molecule has 1 aromatic heterocycles. The van der Waals surface area contributed by atoms with Crippen molar-refractivity contribution in [1.29, 1.82) is 5.26 Å². The summed E-state index contributed by atoms with van der Waals surface area (Å²) >= 11 is 1.79. The summed E-state index contributed by atoms with van der Waals surface area (Å²) in [5, 5.41) is 10.0. The molecule has 2 heterocycles. The van der Waals surface area contributed by atoms with Gasteiger partial charge < -0.3 is 0 Å². The number of nitrogens with zero attached hydrogens (tertiary/aromatic N) is 4. The van der Waals surface area contributed by atoms with E-state index in [1.165, 1.54) is 26.5 Å². The second kappa shape index (κ2) is 10.4. The van der Waals surface area contributed by atoms with Gasteiger partial charge in [0.25, 0.3) is 0 Å². The van der Waals surface area contributed by atoms with Crippen molar-refractivity contribution in [2.45, 2.75) is 15.2 Å². The molecular formula is C41H24N4S. The highest BCUT2D eigenvalue weighted by Crippen LogP contribution is 2.62. The second-order valence-corrected chi connectivity index (χ2v) is 12.6. The molecular weight excluding hydrogens is 581 g/mol. The van der Waals surface area contributed by atoms with Gasteiger partial charge in [-0.2, -0.15) is 5.26 Å². The Morgan fingerprint density at radius 2 is 1.02 bits per heavy atom. The van der Waals surface area contributed by atoms with Crippen molar-refractivity contribution in [1.82, 2.24) is 15.0 Å². The van der Waals surface area contributed by atoms with Gasteiger partial charge in [-0.05, 0) is 63.7 Å². The Morgan fingerprint density at radius 3 is 1.72 bits per heavy atom. The normalized spacial score (nSPS) is 15.4. The first-order valence-corrected chi connectivity index (χ1v) is 16.0. The van der Waals surface area contributed by atoms with Gasteiger partial charge in [0.2, 0.25) is 0 Å². The van der Waals surface area contributed by atoms with E-state index in [2.05, 4.69) is 84.9 Å². The van der Waals surface area contributed by atoms with Crippen molar-refractivity contribution in [3.63, 3.8) is 0 Å². The Kier molecular flexibility index (Phi) is 5.99. The molecule has 0 saturated carbocycles. The highest BCUT2D eigenvalue weighted by Gasteiger charge is 2.50. The Labute approximate surface area is 271 Å². The molecule has 1 aliphatic carbocycles. The smallest absolute Gasteiger partial charge is 0.164 e. The summed E-state index contributed by atoms with van der Waals surface area (Å²) in [6.45, 7) is 0. The zero-order valence-electron chi connectivity index (χ0n) is 24.6. The van der Waals surface area contributed by atoms with Crippen LogP contribution < -0.4 is 0 Å². The van der Waals surface area contributed by atoms with E-state index in [1.54, 1.807) is 11.8 Å². The molecule has 214 valence electrons. The predicted molar refractivity (Wildman–Crippen MR) is 182 cm³/mol. The zero-order chi connectivity index (χ0) is 30.7. The van der Waals surface area contributed by atoms with Crippen LogP contribution in [-0.4, -0.2) is 15.0 Å². The molecule has 7 aromatic rings. The fourth-order valence-electron chi connectivity index (χ4n) is 7.05. The molecule has 0 saturated heterocycles. The molecule has 0 N–H and O–H groups in total. The van der Waals surface area contributed by atoms with E-state index < -0.39 is 5.41 Å². The minimum absolute atomic E-state index is 0.608. The quantitative estimate of drug-likeness (QED) is 0.201. The van der Waals surface area contributed by atoms with Crippen LogP contribution in [0.4, 0.5) is 0 Å². The van der Waals surface area contributed by atoms with Crippen molar-refractivity contribution in [3.05, 3.63) is 173 Å². The third kappa shape index (κ3) is 3.91. The maximum Gasteiger partial charge on any atom is 0.164 e. The van der Waals surface area contributed by atoms with Crippen molar-refractivity contribution >= 4 is 11.8 Å². The first-order valence-electron chi connectivity index (χ1n) is 15.2. The Balaban J connectivity index is 1.34. The van der Waals surface area contributed by atoms with Crippen LogP contribution in [0.25, 0.3) is 45.3 Å². The van der Waals surface area contributed by atoms with Crippen molar-refractivity contribution in [3.8, 4) is 51.4 Å². The molecule has 6 aromatic carbocycles. The minimum Gasteiger partial charge on any atom is -0.208 e. The minimum atomic E-state index is -0.608. The molecule has 0 radical (unpaired) electrons. The maximum absolute atomic E-state index is 10.0. The topological polar surface area (TPSA) is 62.5 Å². The molecule has 0 bridgehead atoms. The van der Waals surface area contributed by atoms with Gasteiger partial charge >= 0.3 is 0 Å². The van der Waals surface area contributed by atoms with E-state index in [1.807, 2.05) is 66.7 Å². The van der Waals surface area contributed by atoms with Crippen LogP contribution in [0.1, 0.15) is 27.8 Å². The van der Waals surface area contributed by atoms with Crippen LogP contribution in [0.3, 0.4) is 0 Å². The summed E-state index contributed by atoms with van der Waals surface area (Å²) in [6.07, 6.45) is 0. The van der Waals surface area contributed by atoms with Crippen LogP contribution in [0.2, 0.25) is 0 Å². The van der Waals surface area contributed by atoms with Gasteiger partial charge in [-0.25, -0.2) is 15.0 Å². The summed E-state index contributed by atoms with van der Waals surface area (Å²) in [4.78, 5) is 17.4. The second-order valence-electron chi connectivity index (χ2n) is 11.5. The monoisotopic (exact) mass is 604 g/mol. The summed E-state index contributed by atoms with van der Waals surface area (Å²) in [5.41, 5.74) is 9.91. The number of hydrogen-bond donors (Lipinski definition) is 0. The molecule has 1 unspecified atom stereocenters. The van der Waals surface area contributed by atoms with Gasteiger partial charge in [-0.1, -0.05) is 127 Å². The summed E-state index contributed by atoms with van der Waals surface area (Å²) in [7, 11) is 0. The molecule has 1 spiro atoms. The number of aromatic nitrogens is 3. The van der Waals surface area contributed by atoms with E-state index in [-0.39, 0.29) is 0 Å². The summed E-state index contributed by atoms with van der Waals surface area (Å²) < 4.78 is 0. The fraction of sp³-hybridized carbons (Fsp3) is 0.0244. The number of fused-ring (bicyclic) bond motifs is 9. The molecule has 1 atom stereocenters. The predicted octanol–water partition coefficient (Wildman–Crippen LogP) is 9.57. The van der Waals surface area contributed by atoms with E-state index in [9.17, 15) is 5.26 Å². The highest BCUT2D eigenvalue weighted by atomic mass is 32.2. The van der Waals surface area contributed by atoms with Gasteiger partial charge in [-0.15, -0.1) is 0 Å². The van der Waals surface area contributed by atoms with Crippen LogP contribution in [-0.2, 0) is 5.41 Å². The van der Waals surface area contributed by atoms with Crippen LogP contribution in [0, 0.1) is 11.3 Å². The SMILES string of the molecule is N#Cc1ccc2c(c1)C1(c3ccccc3Sc3ccc(-c4nc(-c5ccccc5)nc(-c5ccccc5)n4)cc31)c1ccccc1-2. The Bertz CT molecular complexity index is 2300. The van der Waals surface area contributed by atoms with Crippen LogP contribution in [0.5, 0.6) is 0 Å². The average Bonchev–Trinajstić information content (AvgIpc) is 3.42. The lowest BCUT2D eigenvalue weighted by Gasteiger charge is -2.40. The number of hydrogen-bond acceptors (Lipinski definition) is 5. The van der Waals surface area contributed by atoms with E-state index in [0.29, 0.717) is 23.0 Å². The van der Waals surface area contributed by atoms with Crippen LogP contribution >= 0.6 is 11.8 Å². The standard InChI is InChI=1S/C41H24N4S/c42-25-26-19-21-31-30-15-7-8-16-32(30)41(34(31)23-26)33-17-9-10-18-36(33)46-37-22-20-29(24-35(37)41)40-44-38(27-11-3-1-4-12-27)43-39(45-40)28-13-5-2-6-14-28/h1-24H. The summed E-state index contributed by atoms with van der Waals surface area (Å²) in [6, 6.07) is 52.6. The molecule has 2 aliphatic rings. The number of benzene rings is 6. The molecule has 0 fully saturated rings. The number of nitriles is 1. The lowest BCUT2D eigenvalue weighted by Crippen LogP contribution is -2.32. The van der Waals surface area contributed by atoms with Gasteiger partial charge in [0, 0.05) is 26.5 Å². The lowest BCUT2D eigenvalue weighted by atomic mass is 9.67. The zero-order valence-corrected chi connectivity index (χ0v) is 25.4. The van der Waals surface area contributed by atoms with Crippen molar-refractivity contribution in [2.24, 2.45) is 0 Å². The molecule has 4 nitrogen and oxygen atoms in total. The Morgan fingerprint density at radius 1 is 0.457 bits per heavy atom. The molecule has 5 heteroatoms. The summed E-state index contributed by atoms with van der Waals surface area (Å²) in [5.74, 6) is 1.88. The molecule has 0 amide bonds. The van der Waals surface area contributed by atoms with Gasteiger partial charge in [0.15, 0.2) is 17.5 Å². The van der Waals surface area contributed by atoms with Crippen molar-refractivity contribution < 1.29 is 0 Å². The van der Waals surface area contributed by atoms with E-state index in [0.717, 1.165) is 33.4 Å². The third-order valence-electron chi connectivity index (χ3n) is 9.03. The van der Waals surface area contributed by atoms with E-state index >= 15 is 0 Å². The molecule has 1 aliphatic heterocycles. The largest absolute Gasteiger partial charge is 0.208 e. The fourth-order valence-corrected chi connectivity index (χ4v) is 8.22. The highest BCUT2D eigenvalue weighted by molar-refractivity contribution is 7.99. The molecule has 46 heavy (non-hydrogen) atoms. The van der Waals surface area contributed by atoms with Gasteiger partial charge in [-0.3, -0.25) is 0 Å². The first-order chi connectivity index (χ1) is 22.7. The third-order valence-corrected chi connectivity index (χ3v) is 10.2. The van der Waals surface area contributed by atoms with E-state index in [4.69, 9.17) is 15.0 Å². The van der Waals surface area contributed by atoms with Crippen LogP contribution in [0.15, 0.2) is 155 Å². The molecule has 9 rings (SSSR count). The first kappa shape index (κ1) is 26.6. The average molecular weight is 605 g/mol. The van der Waals surface area contributed by atoms with Crippen molar-refractivity contribution in [2.75, 3.05) is 0 Å². The maximum atomic E-state index is 10.0. The Hall–Kier alpha value is -5.83. The van der Waals surface area contributed by atoms with Gasteiger partial charge in [0.05, 0.1) is 17.0 Å². The lowest BCUT2D eigenvalue weighted by molar-refractivity contribution is 0.722. The van der Waals surface area contributed by atoms with Gasteiger partial charge in [0.1, 0.15) is 0 Å².